The van der Waals surface area contributed by atoms with Gasteiger partial charge < -0.3 is 15.6 Å². The highest BCUT2D eigenvalue weighted by atomic mass is 19.3. The van der Waals surface area contributed by atoms with Crippen LogP contribution in [-0.4, -0.2) is 40.8 Å². The van der Waals surface area contributed by atoms with E-state index in [1.807, 2.05) is 25.1 Å². The first kappa shape index (κ1) is 15.0. The van der Waals surface area contributed by atoms with E-state index in [-0.39, 0.29) is 31.8 Å². The molecular formula is C16H19F2N3O. The molecule has 2 heterocycles. The number of fused-ring (bicyclic) bond motifs is 1. The minimum atomic E-state index is -2.88. The summed E-state index contributed by atoms with van der Waals surface area (Å²) in [5, 5.41) is 1.000. The molecule has 1 aliphatic rings. The molecule has 0 aliphatic carbocycles. The molecule has 1 aliphatic heterocycles. The fourth-order valence-electron chi connectivity index (χ4n) is 2.87. The van der Waals surface area contributed by atoms with E-state index in [2.05, 4.69) is 4.98 Å². The van der Waals surface area contributed by atoms with Gasteiger partial charge in [-0.25, -0.2) is 8.78 Å². The summed E-state index contributed by atoms with van der Waals surface area (Å²) < 4.78 is 26.8. The summed E-state index contributed by atoms with van der Waals surface area (Å²) in [5.74, 6) is -3.04. The van der Waals surface area contributed by atoms with Gasteiger partial charge in [0.15, 0.2) is 0 Å². The summed E-state index contributed by atoms with van der Waals surface area (Å²) in [4.78, 5) is 16.9. The third-order valence-electron chi connectivity index (χ3n) is 4.29. The van der Waals surface area contributed by atoms with Gasteiger partial charge in [-0.05, 0) is 24.6 Å². The predicted octanol–water partition coefficient (Wildman–Crippen LogP) is 2.21. The fourth-order valence-corrected chi connectivity index (χ4v) is 2.87. The lowest BCUT2D eigenvalue weighted by atomic mass is 10.0. The second-order valence-corrected chi connectivity index (χ2v) is 6.00. The number of nitrogens with two attached hydrogens (primary N) is 1. The Morgan fingerprint density at radius 1 is 1.50 bits per heavy atom. The number of aromatic nitrogens is 1. The van der Waals surface area contributed by atoms with Gasteiger partial charge in [0.05, 0.1) is 12.5 Å². The number of piperidine rings is 1. The van der Waals surface area contributed by atoms with Crippen LogP contribution in [0.2, 0.25) is 0 Å². The average molecular weight is 307 g/mol. The van der Waals surface area contributed by atoms with Crippen LogP contribution in [0.5, 0.6) is 0 Å². The van der Waals surface area contributed by atoms with Crippen LogP contribution in [0, 0.1) is 6.92 Å². The first-order chi connectivity index (χ1) is 10.4. The Kier molecular flexibility index (Phi) is 3.64. The maximum Gasteiger partial charge on any atom is 0.266 e. The lowest BCUT2D eigenvalue weighted by molar-refractivity contribution is -0.138. The molecule has 22 heavy (non-hydrogen) atoms. The molecule has 1 saturated heterocycles. The van der Waals surface area contributed by atoms with Crippen molar-refractivity contribution in [1.82, 2.24) is 9.88 Å². The number of halogens is 2. The van der Waals surface area contributed by atoms with Crippen molar-refractivity contribution in [3.8, 4) is 0 Å². The number of nitrogens with one attached hydrogen (secondary N) is 1. The second kappa shape index (κ2) is 5.35. The molecule has 1 amide bonds. The summed E-state index contributed by atoms with van der Waals surface area (Å²) in [6, 6.07) is 4.70. The van der Waals surface area contributed by atoms with Crippen molar-refractivity contribution in [3.05, 3.63) is 35.5 Å². The van der Waals surface area contributed by atoms with Crippen LogP contribution < -0.4 is 5.73 Å². The van der Waals surface area contributed by atoms with E-state index in [9.17, 15) is 13.6 Å². The average Bonchev–Trinajstić information content (AvgIpc) is 2.84. The number of aromatic amines is 1. The molecule has 1 unspecified atom stereocenters. The van der Waals surface area contributed by atoms with Gasteiger partial charge in [-0.3, -0.25) is 4.79 Å². The van der Waals surface area contributed by atoms with Crippen molar-refractivity contribution in [2.75, 3.05) is 13.1 Å². The molecule has 1 fully saturated rings. The van der Waals surface area contributed by atoms with Crippen LogP contribution in [0.1, 0.15) is 17.5 Å². The van der Waals surface area contributed by atoms with Gasteiger partial charge in [-0.1, -0.05) is 11.6 Å². The lowest BCUT2D eigenvalue weighted by Crippen LogP contribution is -2.56. The van der Waals surface area contributed by atoms with Gasteiger partial charge in [0.25, 0.3) is 5.92 Å². The van der Waals surface area contributed by atoms with Crippen LogP contribution >= 0.6 is 0 Å². The highest BCUT2D eigenvalue weighted by Crippen LogP contribution is 2.28. The summed E-state index contributed by atoms with van der Waals surface area (Å²) in [6.07, 6.45) is 1.63. The molecule has 0 saturated carbocycles. The monoisotopic (exact) mass is 307 g/mol. The molecule has 0 spiro atoms. The van der Waals surface area contributed by atoms with Gasteiger partial charge in [0.2, 0.25) is 5.91 Å². The molecule has 0 bridgehead atoms. The predicted molar refractivity (Wildman–Crippen MR) is 80.9 cm³/mol. The molecule has 0 radical (unpaired) electrons. The number of aryl methyl sites for hydroxylation is 1. The number of alkyl halides is 2. The maximum atomic E-state index is 13.4. The summed E-state index contributed by atoms with van der Waals surface area (Å²) in [5.41, 5.74) is 8.44. The van der Waals surface area contributed by atoms with E-state index in [0.717, 1.165) is 22.0 Å². The number of benzene rings is 1. The van der Waals surface area contributed by atoms with Crippen LogP contribution in [0.4, 0.5) is 8.78 Å². The van der Waals surface area contributed by atoms with Crippen LogP contribution in [0.25, 0.3) is 10.9 Å². The summed E-state index contributed by atoms with van der Waals surface area (Å²) in [7, 11) is 0. The number of likely N-dealkylation sites (tertiary alicyclic amines) is 1. The lowest BCUT2D eigenvalue weighted by Gasteiger charge is -2.36. The number of carbonyl (C=O) groups is 1. The van der Waals surface area contributed by atoms with Crippen LogP contribution in [0.15, 0.2) is 24.4 Å². The molecule has 3 rings (SSSR count). The molecule has 3 N–H and O–H groups in total. The van der Waals surface area contributed by atoms with Crippen LogP contribution in [-0.2, 0) is 11.2 Å². The van der Waals surface area contributed by atoms with Crippen molar-refractivity contribution < 1.29 is 13.6 Å². The number of H-pyrrole nitrogens is 1. The Morgan fingerprint density at radius 3 is 3.00 bits per heavy atom. The van der Waals surface area contributed by atoms with Crippen molar-refractivity contribution in [2.24, 2.45) is 5.73 Å². The third kappa shape index (κ3) is 2.70. The minimum absolute atomic E-state index is 0.0565. The fraction of sp³-hybridized carbons (Fsp3) is 0.438. The molecule has 118 valence electrons. The zero-order chi connectivity index (χ0) is 15.9. The summed E-state index contributed by atoms with van der Waals surface area (Å²) in [6.45, 7) is 1.96. The number of nitrogens with zero attached hydrogens (tertiary/aromatic N) is 1. The van der Waals surface area contributed by atoms with E-state index in [0.29, 0.717) is 0 Å². The van der Waals surface area contributed by atoms with Gasteiger partial charge in [-0.15, -0.1) is 0 Å². The van der Waals surface area contributed by atoms with Crippen molar-refractivity contribution >= 4 is 16.8 Å². The standard InChI is InChI=1S/C16H19F2N3O/c1-10-2-3-13-12(6-10)11(8-20-13)7-15(22)21-5-4-16(17,18)14(19)9-21/h2-3,6,8,14,20H,4-5,7,9,19H2,1H3. The van der Waals surface area contributed by atoms with E-state index in [1.165, 1.54) is 4.90 Å². The Bertz CT molecular complexity index is 710. The number of rotatable bonds is 2. The number of hydrogen-bond donors (Lipinski definition) is 2. The smallest absolute Gasteiger partial charge is 0.266 e. The SMILES string of the molecule is Cc1ccc2[nH]cc(CC(=O)N3CCC(F)(F)C(N)C3)c2c1. The molecule has 2 aromatic rings. The van der Waals surface area contributed by atoms with Crippen molar-refractivity contribution in [3.63, 3.8) is 0 Å². The molecule has 1 aromatic heterocycles. The van der Waals surface area contributed by atoms with Crippen molar-refractivity contribution in [1.29, 1.82) is 0 Å². The summed E-state index contributed by atoms with van der Waals surface area (Å²) >= 11 is 0. The highest BCUT2D eigenvalue weighted by Gasteiger charge is 2.42. The third-order valence-corrected chi connectivity index (χ3v) is 4.29. The zero-order valence-corrected chi connectivity index (χ0v) is 12.4. The molecule has 1 aromatic carbocycles. The Balaban J connectivity index is 1.75. The van der Waals surface area contributed by atoms with E-state index >= 15 is 0 Å². The van der Waals surface area contributed by atoms with E-state index < -0.39 is 12.0 Å². The first-order valence-electron chi connectivity index (χ1n) is 7.34. The number of hydrogen-bond acceptors (Lipinski definition) is 2. The maximum absolute atomic E-state index is 13.4. The normalized spacial score (nSPS) is 21.3. The van der Waals surface area contributed by atoms with E-state index in [1.54, 1.807) is 6.20 Å². The first-order valence-corrected chi connectivity index (χ1v) is 7.34. The van der Waals surface area contributed by atoms with Gasteiger partial charge in [0, 0.05) is 36.6 Å². The van der Waals surface area contributed by atoms with Gasteiger partial charge in [-0.2, -0.15) is 0 Å². The minimum Gasteiger partial charge on any atom is -0.361 e. The Morgan fingerprint density at radius 2 is 2.27 bits per heavy atom. The second-order valence-electron chi connectivity index (χ2n) is 6.00. The Hall–Kier alpha value is -1.95. The van der Waals surface area contributed by atoms with Crippen molar-refractivity contribution in [2.45, 2.75) is 31.7 Å². The largest absolute Gasteiger partial charge is 0.361 e. The van der Waals surface area contributed by atoms with Gasteiger partial charge in [0.1, 0.15) is 0 Å². The Labute approximate surface area is 127 Å². The topological polar surface area (TPSA) is 62.1 Å². The van der Waals surface area contributed by atoms with Crippen LogP contribution in [0.3, 0.4) is 0 Å². The molecule has 1 atom stereocenters. The molecule has 4 nitrogen and oxygen atoms in total. The number of carbonyl (C=O) groups excluding carboxylic acids is 1. The zero-order valence-electron chi connectivity index (χ0n) is 12.4. The van der Waals surface area contributed by atoms with Gasteiger partial charge >= 0.3 is 0 Å². The molecular weight excluding hydrogens is 288 g/mol. The molecule has 6 heteroatoms. The number of amides is 1. The highest BCUT2D eigenvalue weighted by molar-refractivity contribution is 5.89. The quantitative estimate of drug-likeness (QED) is 0.893. The van der Waals surface area contributed by atoms with E-state index in [4.69, 9.17) is 5.73 Å².